The molecule has 0 aromatic carbocycles. The summed E-state index contributed by atoms with van der Waals surface area (Å²) in [5.74, 6) is -4.40. The molecule has 0 amide bonds. The summed E-state index contributed by atoms with van der Waals surface area (Å²) in [6, 6.07) is 0. The van der Waals surface area contributed by atoms with Gasteiger partial charge in [0.1, 0.15) is 0 Å². The third-order valence-corrected chi connectivity index (χ3v) is 2.15. The molecule has 0 saturated carbocycles. The fourth-order valence-electron chi connectivity index (χ4n) is 1.01. The van der Waals surface area contributed by atoms with Crippen LogP contribution in [-0.4, -0.2) is 47.3 Å². The van der Waals surface area contributed by atoms with E-state index in [0.717, 1.165) is 0 Å². The number of carbonyl (C=O) groups is 4. The van der Waals surface area contributed by atoms with Crippen molar-refractivity contribution in [3.05, 3.63) is 36.5 Å². The lowest BCUT2D eigenvalue weighted by molar-refractivity contribution is -0.156. The van der Waals surface area contributed by atoms with Crippen molar-refractivity contribution in [3.8, 4) is 0 Å². The minimum Gasteiger partial charge on any atom is -0.396 e. The molecule has 120 valence electrons. The van der Waals surface area contributed by atoms with Gasteiger partial charge in [0.05, 0.1) is 0 Å². The SMILES string of the molecule is C=C(CCO)C(=O)OC(=O)C=CC(=O)OC(=O)C(=C)CCO. The van der Waals surface area contributed by atoms with Crippen molar-refractivity contribution in [2.45, 2.75) is 12.8 Å². The molecule has 0 aromatic heterocycles. The predicted octanol–water partition coefficient (Wildman–Crippen LogP) is -0.441. The Bertz CT molecular complexity index is 469. The van der Waals surface area contributed by atoms with Gasteiger partial charge in [-0.15, -0.1) is 0 Å². The highest BCUT2D eigenvalue weighted by atomic mass is 16.6. The number of ether oxygens (including phenoxy) is 2. The second kappa shape index (κ2) is 10.2. The topological polar surface area (TPSA) is 127 Å². The van der Waals surface area contributed by atoms with E-state index in [4.69, 9.17) is 10.2 Å². The van der Waals surface area contributed by atoms with Crippen LogP contribution in [0.5, 0.6) is 0 Å². The normalized spacial score (nSPS) is 10.1. The van der Waals surface area contributed by atoms with E-state index in [2.05, 4.69) is 22.6 Å². The van der Waals surface area contributed by atoms with Crippen molar-refractivity contribution in [2.75, 3.05) is 13.2 Å². The number of rotatable bonds is 8. The Morgan fingerprint density at radius 3 is 1.36 bits per heavy atom. The molecular formula is C14H16O8. The van der Waals surface area contributed by atoms with Gasteiger partial charge in [0.15, 0.2) is 0 Å². The highest BCUT2D eigenvalue weighted by Gasteiger charge is 2.14. The van der Waals surface area contributed by atoms with Gasteiger partial charge in [-0.1, -0.05) is 13.2 Å². The van der Waals surface area contributed by atoms with Crippen molar-refractivity contribution >= 4 is 23.9 Å². The first kappa shape index (κ1) is 19.4. The van der Waals surface area contributed by atoms with Gasteiger partial charge in [0, 0.05) is 49.4 Å². The third kappa shape index (κ3) is 7.88. The highest BCUT2D eigenvalue weighted by Crippen LogP contribution is 2.02. The van der Waals surface area contributed by atoms with Crippen LogP contribution in [0.25, 0.3) is 0 Å². The first-order chi connectivity index (χ1) is 10.3. The van der Waals surface area contributed by atoms with E-state index >= 15 is 0 Å². The Labute approximate surface area is 126 Å². The molecule has 0 aromatic rings. The first-order valence-electron chi connectivity index (χ1n) is 6.09. The molecule has 0 fully saturated rings. The summed E-state index contributed by atoms with van der Waals surface area (Å²) in [7, 11) is 0. The van der Waals surface area contributed by atoms with Gasteiger partial charge in [0.2, 0.25) is 0 Å². The van der Waals surface area contributed by atoms with E-state index in [-0.39, 0.29) is 37.2 Å². The zero-order valence-electron chi connectivity index (χ0n) is 11.7. The highest BCUT2D eigenvalue weighted by molar-refractivity contribution is 6.03. The number of aliphatic hydroxyl groups excluding tert-OH is 2. The Morgan fingerprint density at radius 2 is 1.09 bits per heavy atom. The minimum absolute atomic E-state index is 0.0562. The summed E-state index contributed by atoms with van der Waals surface area (Å²) in [5, 5.41) is 17.2. The van der Waals surface area contributed by atoms with Gasteiger partial charge in [-0.25, -0.2) is 19.2 Å². The zero-order valence-corrected chi connectivity index (χ0v) is 11.7. The quantitative estimate of drug-likeness (QED) is 0.351. The molecular weight excluding hydrogens is 296 g/mol. The summed E-state index contributed by atoms with van der Waals surface area (Å²) in [6.07, 6.45) is 1.07. The fourth-order valence-corrected chi connectivity index (χ4v) is 1.01. The lowest BCUT2D eigenvalue weighted by Gasteiger charge is -2.02. The molecule has 0 aliphatic heterocycles. The smallest absolute Gasteiger partial charge is 0.341 e. The largest absolute Gasteiger partial charge is 0.396 e. The Hall–Kier alpha value is -2.58. The molecule has 0 bridgehead atoms. The van der Waals surface area contributed by atoms with E-state index in [1.54, 1.807) is 0 Å². The van der Waals surface area contributed by atoms with E-state index < -0.39 is 23.9 Å². The van der Waals surface area contributed by atoms with Crippen molar-refractivity contribution in [3.63, 3.8) is 0 Å². The van der Waals surface area contributed by atoms with Crippen molar-refractivity contribution < 1.29 is 38.9 Å². The van der Waals surface area contributed by atoms with E-state index in [1.807, 2.05) is 0 Å². The maximum atomic E-state index is 11.2. The van der Waals surface area contributed by atoms with Crippen LogP contribution in [0, 0.1) is 0 Å². The standard InChI is InChI=1S/C14H16O8/c1-9(5-7-15)13(19)21-11(17)3-4-12(18)22-14(20)10(2)6-8-16/h3-4,15-16H,1-2,5-8H2. The summed E-state index contributed by atoms with van der Waals surface area (Å²) in [5.41, 5.74) is -0.218. The Morgan fingerprint density at radius 1 is 0.773 bits per heavy atom. The average Bonchev–Trinajstić information content (AvgIpc) is 2.45. The minimum atomic E-state index is -1.16. The van der Waals surface area contributed by atoms with Gasteiger partial charge in [-0.2, -0.15) is 0 Å². The van der Waals surface area contributed by atoms with Crippen LogP contribution in [-0.2, 0) is 28.7 Å². The molecule has 0 saturated heterocycles. The maximum absolute atomic E-state index is 11.2. The molecule has 0 spiro atoms. The molecule has 0 atom stereocenters. The van der Waals surface area contributed by atoms with Crippen molar-refractivity contribution in [1.82, 2.24) is 0 Å². The van der Waals surface area contributed by atoms with Crippen LogP contribution in [0.2, 0.25) is 0 Å². The number of hydrogen-bond acceptors (Lipinski definition) is 8. The average molecular weight is 312 g/mol. The molecule has 8 heteroatoms. The van der Waals surface area contributed by atoms with E-state index in [1.165, 1.54) is 0 Å². The Balaban J connectivity index is 4.35. The van der Waals surface area contributed by atoms with Crippen molar-refractivity contribution in [2.24, 2.45) is 0 Å². The number of carbonyl (C=O) groups excluding carboxylic acids is 4. The van der Waals surface area contributed by atoms with Crippen LogP contribution < -0.4 is 0 Å². The molecule has 0 aliphatic carbocycles. The first-order valence-corrected chi connectivity index (χ1v) is 6.09. The second-order valence-corrected chi connectivity index (χ2v) is 3.90. The van der Waals surface area contributed by atoms with Crippen LogP contribution in [0.3, 0.4) is 0 Å². The van der Waals surface area contributed by atoms with Crippen LogP contribution >= 0.6 is 0 Å². The van der Waals surface area contributed by atoms with Crippen molar-refractivity contribution in [1.29, 1.82) is 0 Å². The molecule has 8 nitrogen and oxygen atoms in total. The van der Waals surface area contributed by atoms with E-state index in [9.17, 15) is 19.2 Å². The lowest BCUT2D eigenvalue weighted by Crippen LogP contribution is -2.15. The van der Waals surface area contributed by atoms with Gasteiger partial charge in [-0.3, -0.25) is 0 Å². The lowest BCUT2D eigenvalue weighted by atomic mass is 10.2. The number of esters is 4. The van der Waals surface area contributed by atoms with Crippen LogP contribution in [0.4, 0.5) is 0 Å². The fraction of sp³-hybridized carbons (Fsp3) is 0.286. The summed E-state index contributed by atoms with van der Waals surface area (Å²) in [6.45, 7) is 5.92. The van der Waals surface area contributed by atoms with Gasteiger partial charge in [-0.05, 0) is 0 Å². The zero-order chi connectivity index (χ0) is 17.1. The maximum Gasteiger partial charge on any atom is 0.341 e. The number of hydrogen-bond donors (Lipinski definition) is 2. The monoisotopic (exact) mass is 312 g/mol. The Kier molecular flexibility index (Phi) is 9.00. The predicted molar refractivity (Wildman–Crippen MR) is 73.0 cm³/mol. The second-order valence-electron chi connectivity index (χ2n) is 3.90. The molecule has 0 unspecified atom stereocenters. The van der Waals surface area contributed by atoms with Crippen LogP contribution in [0.1, 0.15) is 12.8 Å². The summed E-state index contributed by atoms with van der Waals surface area (Å²) in [4.78, 5) is 44.9. The molecule has 0 aliphatic rings. The summed E-state index contributed by atoms with van der Waals surface area (Å²) >= 11 is 0. The van der Waals surface area contributed by atoms with Gasteiger partial charge >= 0.3 is 23.9 Å². The van der Waals surface area contributed by atoms with E-state index in [0.29, 0.717) is 12.2 Å². The molecule has 0 heterocycles. The number of aliphatic hydroxyl groups is 2. The third-order valence-electron chi connectivity index (χ3n) is 2.15. The van der Waals surface area contributed by atoms with Crippen LogP contribution in [0.15, 0.2) is 36.5 Å². The molecule has 0 rings (SSSR count). The molecule has 2 N–H and O–H groups in total. The van der Waals surface area contributed by atoms with Gasteiger partial charge in [0.25, 0.3) is 0 Å². The summed E-state index contributed by atoms with van der Waals surface area (Å²) < 4.78 is 8.58. The van der Waals surface area contributed by atoms with Gasteiger partial charge < -0.3 is 19.7 Å². The molecule has 0 radical (unpaired) electrons. The molecule has 22 heavy (non-hydrogen) atoms.